The van der Waals surface area contributed by atoms with Crippen LogP contribution >= 0.6 is 15.9 Å². The number of carbonyl (C=O) groups excluding carboxylic acids is 1. The van der Waals surface area contributed by atoms with Gasteiger partial charge in [0.15, 0.2) is 0 Å². The molecule has 2 nitrogen and oxygen atoms in total. The molecule has 0 radical (unpaired) electrons. The number of hydrogen-bond acceptors (Lipinski definition) is 1. The first-order chi connectivity index (χ1) is 8.66. The highest BCUT2D eigenvalue weighted by Crippen LogP contribution is 2.37. The van der Waals surface area contributed by atoms with Gasteiger partial charge in [-0.1, -0.05) is 28.1 Å². The van der Waals surface area contributed by atoms with Crippen LogP contribution in [0.4, 0.5) is 11.4 Å². The lowest BCUT2D eigenvalue weighted by molar-refractivity contribution is -0.116. The molecule has 1 amide bonds. The Morgan fingerprint density at radius 3 is 2.56 bits per heavy atom. The Morgan fingerprint density at radius 1 is 1.11 bits per heavy atom. The first kappa shape index (κ1) is 11.5. The van der Waals surface area contributed by atoms with Gasteiger partial charge in [-0.15, -0.1) is 0 Å². The maximum Gasteiger partial charge on any atom is 0.236 e. The monoisotopic (exact) mass is 301 g/mol. The first-order valence-electron chi connectivity index (χ1n) is 5.84. The van der Waals surface area contributed by atoms with Crippen LogP contribution in [-0.2, 0) is 11.2 Å². The number of rotatable bonds is 1. The molecule has 1 aliphatic heterocycles. The number of amides is 1. The van der Waals surface area contributed by atoms with Gasteiger partial charge in [0, 0.05) is 10.2 Å². The third kappa shape index (κ3) is 1.75. The van der Waals surface area contributed by atoms with Crippen LogP contribution in [0.1, 0.15) is 11.1 Å². The molecule has 0 unspecified atom stereocenters. The molecule has 3 heteroatoms. The van der Waals surface area contributed by atoms with Crippen molar-refractivity contribution in [2.24, 2.45) is 0 Å². The van der Waals surface area contributed by atoms with Gasteiger partial charge in [0.25, 0.3) is 0 Å². The molecule has 0 saturated heterocycles. The number of nitrogens with zero attached hydrogens (tertiary/aromatic N) is 1. The summed E-state index contributed by atoms with van der Waals surface area (Å²) in [5, 5.41) is 0. The average Bonchev–Trinajstić information content (AvgIpc) is 2.69. The normalized spacial score (nSPS) is 13.9. The molecular formula is C15H12BrNO. The standard InChI is InChI=1S/C15H12BrNO/c1-10-3-2-4-14-13(10)9-15(18)17(14)12-7-5-11(16)6-8-12/h2-8H,9H2,1H3. The summed E-state index contributed by atoms with van der Waals surface area (Å²) in [5.74, 6) is 0.140. The third-order valence-electron chi connectivity index (χ3n) is 3.29. The van der Waals surface area contributed by atoms with Gasteiger partial charge in [-0.3, -0.25) is 9.69 Å². The fourth-order valence-electron chi connectivity index (χ4n) is 2.36. The van der Waals surface area contributed by atoms with E-state index in [-0.39, 0.29) is 5.91 Å². The molecule has 0 fully saturated rings. The van der Waals surface area contributed by atoms with Crippen molar-refractivity contribution >= 4 is 33.2 Å². The average molecular weight is 302 g/mol. The second kappa shape index (κ2) is 4.25. The van der Waals surface area contributed by atoms with Gasteiger partial charge in [-0.2, -0.15) is 0 Å². The van der Waals surface area contributed by atoms with Crippen molar-refractivity contribution in [3.63, 3.8) is 0 Å². The number of carbonyl (C=O) groups is 1. The van der Waals surface area contributed by atoms with Crippen LogP contribution in [0.3, 0.4) is 0 Å². The van der Waals surface area contributed by atoms with E-state index >= 15 is 0 Å². The molecule has 0 bridgehead atoms. The van der Waals surface area contributed by atoms with E-state index in [1.807, 2.05) is 36.4 Å². The molecular weight excluding hydrogens is 290 g/mol. The minimum Gasteiger partial charge on any atom is -0.280 e. The van der Waals surface area contributed by atoms with E-state index in [2.05, 4.69) is 28.9 Å². The fourth-order valence-corrected chi connectivity index (χ4v) is 2.63. The minimum absolute atomic E-state index is 0.140. The summed E-state index contributed by atoms with van der Waals surface area (Å²) in [6.07, 6.45) is 0.498. The zero-order valence-electron chi connectivity index (χ0n) is 9.98. The second-order valence-electron chi connectivity index (χ2n) is 4.45. The van der Waals surface area contributed by atoms with E-state index in [4.69, 9.17) is 0 Å². The van der Waals surface area contributed by atoms with Crippen LogP contribution < -0.4 is 4.90 Å². The van der Waals surface area contributed by atoms with Crippen molar-refractivity contribution in [2.45, 2.75) is 13.3 Å². The molecule has 2 aromatic carbocycles. The lowest BCUT2D eigenvalue weighted by Crippen LogP contribution is -2.20. The SMILES string of the molecule is Cc1cccc2c1CC(=O)N2c1ccc(Br)cc1. The highest BCUT2D eigenvalue weighted by molar-refractivity contribution is 9.10. The van der Waals surface area contributed by atoms with Crippen LogP contribution in [-0.4, -0.2) is 5.91 Å². The quantitative estimate of drug-likeness (QED) is 0.780. The topological polar surface area (TPSA) is 20.3 Å². The Balaban J connectivity index is 2.12. The summed E-state index contributed by atoms with van der Waals surface area (Å²) >= 11 is 3.41. The van der Waals surface area contributed by atoms with Gasteiger partial charge in [0.2, 0.25) is 5.91 Å². The molecule has 90 valence electrons. The van der Waals surface area contributed by atoms with Gasteiger partial charge in [0.1, 0.15) is 0 Å². The molecule has 3 rings (SSSR count). The van der Waals surface area contributed by atoms with E-state index in [1.54, 1.807) is 4.90 Å². The molecule has 0 aliphatic carbocycles. The summed E-state index contributed by atoms with van der Waals surface area (Å²) in [6.45, 7) is 2.05. The van der Waals surface area contributed by atoms with Gasteiger partial charge >= 0.3 is 0 Å². The first-order valence-corrected chi connectivity index (χ1v) is 6.63. The summed E-state index contributed by atoms with van der Waals surface area (Å²) in [7, 11) is 0. The van der Waals surface area contributed by atoms with E-state index in [1.165, 1.54) is 5.56 Å². The van der Waals surface area contributed by atoms with Crippen LogP contribution in [0.25, 0.3) is 0 Å². The van der Waals surface area contributed by atoms with E-state index < -0.39 is 0 Å². The van der Waals surface area contributed by atoms with Crippen molar-refractivity contribution in [2.75, 3.05) is 4.90 Å². The van der Waals surface area contributed by atoms with Gasteiger partial charge in [-0.05, 0) is 48.4 Å². The molecule has 0 atom stereocenters. The van der Waals surface area contributed by atoms with Gasteiger partial charge < -0.3 is 0 Å². The van der Waals surface area contributed by atoms with Crippen molar-refractivity contribution in [3.8, 4) is 0 Å². The van der Waals surface area contributed by atoms with Crippen LogP contribution in [0.5, 0.6) is 0 Å². The number of benzene rings is 2. The maximum atomic E-state index is 12.2. The predicted molar refractivity (Wildman–Crippen MR) is 76.2 cm³/mol. The number of halogens is 1. The Hall–Kier alpha value is -1.61. The predicted octanol–water partition coefficient (Wildman–Crippen LogP) is 3.98. The van der Waals surface area contributed by atoms with Crippen molar-refractivity contribution < 1.29 is 4.79 Å². The maximum absolute atomic E-state index is 12.2. The Labute approximate surface area is 114 Å². The van der Waals surface area contributed by atoms with Crippen molar-refractivity contribution in [1.29, 1.82) is 0 Å². The number of fused-ring (bicyclic) bond motifs is 1. The summed E-state index contributed by atoms with van der Waals surface area (Å²) in [6, 6.07) is 13.9. The molecule has 1 heterocycles. The van der Waals surface area contributed by atoms with E-state index in [0.29, 0.717) is 6.42 Å². The number of hydrogen-bond donors (Lipinski definition) is 0. The van der Waals surface area contributed by atoms with Crippen molar-refractivity contribution in [3.05, 3.63) is 58.1 Å². The number of aryl methyl sites for hydroxylation is 1. The molecule has 0 spiro atoms. The van der Waals surface area contributed by atoms with Crippen LogP contribution in [0.2, 0.25) is 0 Å². The van der Waals surface area contributed by atoms with E-state index in [0.717, 1.165) is 21.4 Å². The fraction of sp³-hybridized carbons (Fsp3) is 0.133. The minimum atomic E-state index is 0.140. The molecule has 1 aliphatic rings. The number of anilines is 2. The van der Waals surface area contributed by atoms with Gasteiger partial charge in [0.05, 0.1) is 12.1 Å². The van der Waals surface area contributed by atoms with Crippen LogP contribution in [0, 0.1) is 6.92 Å². The molecule has 0 aromatic heterocycles. The Kier molecular flexibility index (Phi) is 2.71. The van der Waals surface area contributed by atoms with Crippen LogP contribution in [0.15, 0.2) is 46.9 Å². The highest BCUT2D eigenvalue weighted by atomic mass is 79.9. The lowest BCUT2D eigenvalue weighted by atomic mass is 10.1. The largest absolute Gasteiger partial charge is 0.280 e. The molecule has 0 N–H and O–H groups in total. The molecule has 18 heavy (non-hydrogen) atoms. The summed E-state index contributed by atoms with van der Waals surface area (Å²) in [5.41, 5.74) is 4.26. The Morgan fingerprint density at radius 2 is 1.83 bits per heavy atom. The summed E-state index contributed by atoms with van der Waals surface area (Å²) < 4.78 is 1.02. The zero-order chi connectivity index (χ0) is 12.7. The zero-order valence-corrected chi connectivity index (χ0v) is 11.6. The molecule has 0 saturated carbocycles. The highest BCUT2D eigenvalue weighted by Gasteiger charge is 2.29. The van der Waals surface area contributed by atoms with Crippen molar-refractivity contribution in [1.82, 2.24) is 0 Å². The smallest absolute Gasteiger partial charge is 0.236 e. The molecule has 2 aromatic rings. The second-order valence-corrected chi connectivity index (χ2v) is 5.37. The van der Waals surface area contributed by atoms with Gasteiger partial charge in [-0.25, -0.2) is 0 Å². The third-order valence-corrected chi connectivity index (χ3v) is 3.82. The summed E-state index contributed by atoms with van der Waals surface area (Å²) in [4.78, 5) is 14.0. The lowest BCUT2D eigenvalue weighted by Gasteiger charge is -2.17. The Bertz CT molecular complexity index is 619. The van der Waals surface area contributed by atoms with E-state index in [9.17, 15) is 4.79 Å².